The van der Waals surface area contributed by atoms with Gasteiger partial charge in [-0.15, -0.1) is 0 Å². The van der Waals surface area contributed by atoms with Gasteiger partial charge in [-0.05, 0) is 4.73 Å². The summed E-state index contributed by atoms with van der Waals surface area (Å²) in [6.45, 7) is 0. The van der Waals surface area contributed by atoms with Crippen LogP contribution in [0.1, 0.15) is 0 Å². The standard InChI is InChI=1S/C4H5N2O3P.K.H/c7-10(8)9-6-3-1-2-5-4-6;;/h1-4,10H;;/p+1. The molecule has 0 amide bonds. The van der Waals surface area contributed by atoms with Crippen LogP contribution in [0.2, 0.25) is 0 Å². The summed E-state index contributed by atoms with van der Waals surface area (Å²) in [7, 11) is -2.91. The van der Waals surface area contributed by atoms with Gasteiger partial charge in [0.1, 0.15) is 12.4 Å². The van der Waals surface area contributed by atoms with Crippen LogP contribution in [0, 0.1) is 0 Å². The van der Waals surface area contributed by atoms with Gasteiger partial charge < -0.3 is 4.89 Å². The Labute approximate surface area is 107 Å². The summed E-state index contributed by atoms with van der Waals surface area (Å²) in [5.74, 6) is 0. The Bertz CT molecular complexity index is 232. The minimum absolute atomic E-state index is 0. The molecule has 1 heterocycles. The van der Waals surface area contributed by atoms with Crippen molar-refractivity contribution in [2.24, 2.45) is 0 Å². The van der Waals surface area contributed by atoms with Crippen LogP contribution < -0.4 is 9.35 Å². The summed E-state index contributed by atoms with van der Waals surface area (Å²) in [4.78, 5) is 11.9. The number of hydrogen-bond donors (Lipinski definition) is 1. The first-order valence-electron chi connectivity index (χ1n) is 2.51. The second-order valence-electron chi connectivity index (χ2n) is 1.47. The Morgan fingerprint density at radius 2 is 2.36 bits per heavy atom. The van der Waals surface area contributed by atoms with E-state index in [1.54, 1.807) is 6.07 Å². The molecule has 1 aromatic rings. The predicted molar refractivity (Wildman–Crippen MR) is 39.4 cm³/mol. The summed E-state index contributed by atoms with van der Waals surface area (Å²) in [6, 6.07) is 1.59. The topological polar surface area (TPSA) is 63.3 Å². The average molecular weight is 201 g/mol. The molecule has 1 atom stereocenters. The number of hydrogen-bond acceptors (Lipinski definition) is 3. The molecule has 0 radical (unpaired) electrons. The van der Waals surface area contributed by atoms with E-state index in [1.165, 1.54) is 18.7 Å². The minimum atomic E-state index is -2.91. The molecule has 0 saturated heterocycles. The summed E-state index contributed by atoms with van der Waals surface area (Å²) in [6.07, 6.45) is 4.30. The molecule has 0 aliphatic rings. The molecule has 0 spiro atoms. The van der Waals surface area contributed by atoms with Crippen molar-refractivity contribution in [2.45, 2.75) is 0 Å². The van der Waals surface area contributed by atoms with E-state index in [9.17, 15) is 4.57 Å². The van der Waals surface area contributed by atoms with Gasteiger partial charge in [0.05, 0.1) is 0 Å². The first-order chi connectivity index (χ1) is 4.79. The molecule has 1 N–H and O–H groups in total. The maximum atomic E-state index is 10.1. The van der Waals surface area contributed by atoms with Gasteiger partial charge >= 0.3 is 66.0 Å². The van der Waals surface area contributed by atoms with Crippen molar-refractivity contribution in [2.75, 3.05) is 0 Å². The van der Waals surface area contributed by atoms with Gasteiger partial charge in [0.15, 0.2) is 0 Å². The van der Waals surface area contributed by atoms with Gasteiger partial charge in [-0.25, -0.2) is 4.57 Å². The van der Waals surface area contributed by atoms with Crippen LogP contribution in [0.3, 0.4) is 0 Å². The van der Waals surface area contributed by atoms with Crippen LogP contribution in [-0.2, 0) is 4.57 Å². The van der Waals surface area contributed by atoms with E-state index in [4.69, 9.17) is 4.89 Å². The Morgan fingerprint density at radius 3 is 2.82 bits per heavy atom. The van der Waals surface area contributed by atoms with E-state index >= 15 is 0 Å². The molecule has 0 aliphatic heterocycles. The number of rotatable bonds is 2. The normalized spacial score (nSPS) is 11.4. The second kappa shape index (κ2) is 6.25. The SMILES string of the molecule is O=[PH](O)O[n+]1cccnc1.[KH]. The van der Waals surface area contributed by atoms with Crippen molar-refractivity contribution >= 4 is 59.6 Å². The third-order valence-electron chi connectivity index (χ3n) is 0.769. The Morgan fingerprint density at radius 1 is 1.64 bits per heavy atom. The fraction of sp³-hybridized carbons (Fsp3) is 0. The van der Waals surface area contributed by atoms with Gasteiger partial charge in [-0.3, -0.25) is 4.62 Å². The van der Waals surface area contributed by atoms with Crippen molar-refractivity contribution in [3.05, 3.63) is 24.8 Å². The summed E-state index contributed by atoms with van der Waals surface area (Å²) in [5.41, 5.74) is 0. The molecule has 11 heavy (non-hydrogen) atoms. The maximum absolute atomic E-state index is 10.1. The van der Waals surface area contributed by atoms with Gasteiger partial charge in [0.2, 0.25) is 0 Å². The Balaban J connectivity index is 0.000001000. The van der Waals surface area contributed by atoms with Crippen LogP contribution in [-0.4, -0.2) is 61.3 Å². The molecule has 5 nitrogen and oxygen atoms in total. The Hall–Kier alpha value is 0.706. The van der Waals surface area contributed by atoms with Crippen LogP contribution in [0.15, 0.2) is 24.8 Å². The fourth-order valence-corrected chi connectivity index (χ4v) is 0.748. The van der Waals surface area contributed by atoms with Crippen LogP contribution in [0.5, 0.6) is 0 Å². The first kappa shape index (κ1) is 11.7. The van der Waals surface area contributed by atoms with Crippen molar-refractivity contribution < 1.29 is 18.8 Å². The summed E-state index contributed by atoms with van der Waals surface area (Å²) in [5, 5.41) is 0. The van der Waals surface area contributed by atoms with Crippen LogP contribution >= 0.6 is 8.25 Å². The molecule has 56 valence electrons. The second-order valence-corrected chi connectivity index (χ2v) is 2.19. The van der Waals surface area contributed by atoms with Crippen LogP contribution in [0.4, 0.5) is 0 Å². The predicted octanol–water partition coefficient (Wildman–Crippen LogP) is -1.47. The molecule has 0 bridgehead atoms. The monoisotopic (exact) mass is 201 g/mol. The van der Waals surface area contributed by atoms with E-state index in [0.717, 1.165) is 4.73 Å². The van der Waals surface area contributed by atoms with Crippen molar-refractivity contribution in [1.29, 1.82) is 0 Å². The zero-order valence-electron chi connectivity index (χ0n) is 4.97. The third kappa shape index (κ3) is 5.03. The third-order valence-corrected chi connectivity index (χ3v) is 1.14. The van der Waals surface area contributed by atoms with E-state index < -0.39 is 8.25 Å². The van der Waals surface area contributed by atoms with Crippen LogP contribution in [0.25, 0.3) is 0 Å². The van der Waals surface area contributed by atoms with Crippen molar-refractivity contribution in [3.63, 3.8) is 0 Å². The van der Waals surface area contributed by atoms with Gasteiger partial charge in [-0.2, -0.15) is 0 Å². The molecule has 1 unspecified atom stereocenters. The van der Waals surface area contributed by atoms with Crippen molar-refractivity contribution in [1.82, 2.24) is 4.98 Å². The van der Waals surface area contributed by atoms with E-state index in [1.807, 2.05) is 0 Å². The Kier molecular flexibility index (Phi) is 6.65. The average Bonchev–Trinajstić information content (AvgIpc) is 1.88. The molecule has 0 aliphatic carbocycles. The van der Waals surface area contributed by atoms with E-state index in [2.05, 4.69) is 9.61 Å². The zero-order valence-corrected chi connectivity index (χ0v) is 5.97. The van der Waals surface area contributed by atoms with E-state index in [0.29, 0.717) is 0 Å². The van der Waals surface area contributed by atoms with Gasteiger partial charge in [-0.1, -0.05) is 4.98 Å². The number of nitrogens with zero attached hydrogens (tertiary/aromatic N) is 2. The summed E-state index contributed by atoms with van der Waals surface area (Å²) >= 11 is 0. The first-order valence-corrected chi connectivity index (χ1v) is 3.78. The van der Waals surface area contributed by atoms with Gasteiger partial charge in [0, 0.05) is 6.07 Å². The quantitative estimate of drug-likeness (QED) is 0.360. The molecule has 1 rings (SSSR count). The molecule has 0 saturated carbocycles. The number of aromatic nitrogens is 2. The van der Waals surface area contributed by atoms with Gasteiger partial charge in [0.25, 0.3) is 0 Å². The molecule has 1 aromatic heterocycles. The molecular weight excluding hydrogens is 194 g/mol. The fourth-order valence-electron chi connectivity index (χ4n) is 0.460. The summed E-state index contributed by atoms with van der Waals surface area (Å²) < 4.78 is 15.5. The zero-order chi connectivity index (χ0) is 7.40. The molecular formula is C4H7KN2O3P+. The molecule has 0 fully saturated rings. The molecule has 7 heteroatoms. The van der Waals surface area contributed by atoms with Crippen molar-refractivity contribution in [3.8, 4) is 0 Å². The van der Waals surface area contributed by atoms with E-state index in [-0.39, 0.29) is 51.4 Å². The molecule has 0 aromatic carbocycles.